The van der Waals surface area contributed by atoms with Crippen molar-refractivity contribution in [2.24, 2.45) is 11.1 Å². The lowest BCUT2D eigenvalue weighted by Crippen LogP contribution is -2.50. The highest BCUT2D eigenvalue weighted by Gasteiger charge is 2.47. The number of sulfonamides is 2. The Hall–Kier alpha value is -3.39. The van der Waals surface area contributed by atoms with Crippen LogP contribution in [0.2, 0.25) is 10.0 Å². The van der Waals surface area contributed by atoms with Crippen LogP contribution >= 0.6 is 35.6 Å². The van der Waals surface area contributed by atoms with Gasteiger partial charge in [0.1, 0.15) is 11.4 Å². The number of carbonyl (C=O) groups is 1. The third-order valence-electron chi connectivity index (χ3n) is 8.84. The predicted octanol–water partition coefficient (Wildman–Crippen LogP) is 6.11. The minimum Gasteiger partial charge on any atom is -0.411 e. The fourth-order valence-electron chi connectivity index (χ4n) is 6.56. The smallest absolute Gasteiger partial charge is 0.244 e. The first-order valence-corrected chi connectivity index (χ1v) is 19.7. The van der Waals surface area contributed by atoms with E-state index < -0.39 is 44.2 Å². The number of hydrogen-bond donors (Lipinski definition) is 5. The number of aromatic amines is 2. The summed E-state index contributed by atoms with van der Waals surface area (Å²) in [4.78, 5) is 13.0. The largest absolute Gasteiger partial charge is 0.411 e. The van der Waals surface area contributed by atoms with Crippen LogP contribution in [0.3, 0.4) is 0 Å². The lowest BCUT2D eigenvalue weighted by Gasteiger charge is -2.40. The maximum absolute atomic E-state index is 13.3. The number of nitrogens with two attached hydrogens (primary N) is 1. The van der Waals surface area contributed by atoms with Gasteiger partial charge in [0.25, 0.3) is 0 Å². The summed E-state index contributed by atoms with van der Waals surface area (Å²) in [6.45, 7) is 7.48. The molecule has 2 aromatic carbocycles. The maximum atomic E-state index is 13.3. The Balaban J connectivity index is 0.000000263. The zero-order chi connectivity index (χ0) is 37.7. The zero-order valence-electron chi connectivity index (χ0n) is 28.6. The number of ketones is 1. The van der Waals surface area contributed by atoms with E-state index in [1.54, 1.807) is 25.3 Å². The van der Waals surface area contributed by atoms with E-state index >= 15 is 0 Å². The first-order chi connectivity index (χ1) is 24.4. The fourth-order valence-corrected chi connectivity index (χ4v) is 10.6. The monoisotopic (exact) mass is 818 g/mol. The Labute approximate surface area is 318 Å². The number of Topliss-reactive ketones (excluding diaryl/α,β-unsaturated/α-hetero) is 1. The minimum atomic E-state index is -3.84. The zero-order valence-corrected chi connectivity index (χ0v) is 32.6. The van der Waals surface area contributed by atoms with Crippen molar-refractivity contribution in [1.82, 2.24) is 29.0 Å². The van der Waals surface area contributed by atoms with Crippen molar-refractivity contribution < 1.29 is 32.0 Å². The molecule has 0 saturated heterocycles. The normalized spacial score (nSPS) is 21.2. The van der Waals surface area contributed by atoms with Crippen molar-refractivity contribution in [2.45, 2.75) is 87.3 Å². The highest BCUT2D eigenvalue weighted by Crippen LogP contribution is 2.41. The summed E-state index contributed by atoms with van der Waals surface area (Å²) in [6.07, 6.45) is 5.09. The molecule has 2 aliphatic heterocycles. The molecule has 0 fully saturated rings. The van der Waals surface area contributed by atoms with Crippen LogP contribution in [-0.2, 0) is 20.0 Å². The quantitative estimate of drug-likeness (QED) is 0.101. The number of aromatic nitrogens is 4. The minimum absolute atomic E-state index is 0. The topological polar surface area (TPSA) is 228 Å². The lowest BCUT2D eigenvalue weighted by atomic mass is 9.92. The van der Waals surface area contributed by atoms with Crippen LogP contribution in [0.1, 0.15) is 92.8 Å². The number of hydrogen-bond acceptors (Lipinski definition) is 11. The van der Waals surface area contributed by atoms with E-state index in [1.165, 1.54) is 51.2 Å². The molecule has 15 nitrogen and oxygen atoms in total. The lowest BCUT2D eigenvalue weighted by molar-refractivity contribution is 0.0821. The summed E-state index contributed by atoms with van der Waals surface area (Å²) >= 11 is 11.7. The first kappa shape index (κ1) is 43.0. The van der Waals surface area contributed by atoms with Gasteiger partial charge in [0, 0.05) is 21.2 Å². The number of nitrogens with one attached hydrogen (secondary N) is 2. The molecule has 0 amide bonds. The van der Waals surface area contributed by atoms with E-state index in [2.05, 4.69) is 31.4 Å². The van der Waals surface area contributed by atoms with Gasteiger partial charge in [-0.05, 0) is 74.2 Å². The summed E-state index contributed by atoms with van der Waals surface area (Å²) in [6, 6.07) is 9.89. The highest BCUT2D eigenvalue weighted by atomic mass is 35.5. The van der Waals surface area contributed by atoms with Gasteiger partial charge in [0.15, 0.2) is 5.78 Å². The molecular weight excluding hydrogens is 779 g/mol. The van der Waals surface area contributed by atoms with Crippen molar-refractivity contribution in [1.29, 1.82) is 0 Å². The van der Waals surface area contributed by atoms with Gasteiger partial charge in [0.2, 0.25) is 20.0 Å². The van der Waals surface area contributed by atoms with Crippen LogP contribution < -0.4 is 5.90 Å². The van der Waals surface area contributed by atoms with Crippen LogP contribution in [0.15, 0.2) is 75.9 Å². The molecule has 0 unspecified atom stereocenters. The third-order valence-corrected chi connectivity index (χ3v) is 13.2. The molecule has 284 valence electrons. The molecule has 4 heterocycles. The molecule has 0 saturated carbocycles. The van der Waals surface area contributed by atoms with Crippen molar-refractivity contribution in [3.63, 3.8) is 0 Å². The Kier molecular flexibility index (Phi) is 15.0. The second-order valence-corrected chi connectivity index (χ2v) is 16.1. The molecule has 0 bridgehead atoms. The number of nitrogens with zero attached hydrogens (tertiary/aromatic N) is 5. The van der Waals surface area contributed by atoms with Gasteiger partial charge in [0.05, 0.1) is 52.0 Å². The second kappa shape index (κ2) is 18.1. The van der Waals surface area contributed by atoms with Crippen molar-refractivity contribution in [2.75, 3.05) is 0 Å². The van der Waals surface area contributed by atoms with E-state index in [0.29, 0.717) is 58.2 Å². The highest BCUT2D eigenvalue weighted by molar-refractivity contribution is 7.89. The standard InChI is InChI=1S/C16H19ClN4O3S.C16H18ClN3O3S.ClH.H3NO/c1-3-13-12-9-18-19-15(12)16(20-22)14(4-2)21(13)25(23,24)11-7-5-10(17)6-8-11;1-3-13-12-9-18-19-15(12)16(21)14(4-2)20(13)24(22,23)11-7-5-10(17)6-8-11;;1-2/h5-9,13-14,22H,3-4H2,1-2H3,(H,18,19);5-9,13-14H,3-4H2,1-2H3,(H,18,19);1H;2H,1H2/b20-16-;;;/t2*13-,14+;;/m11../s1. The van der Waals surface area contributed by atoms with Crippen LogP contribution in [0.4, 0.5) is 0 Å². The first-order valence-electron chi connectivity index (χ1n) is 16.0. The van der Waals surface area contributed by atoms with Crippen molar-refractivity contribution in [3.05, 3.63) is 93.5 Å². The molecule has 0 radical (unpaired) electrons. The Morgan fingerprint density at radius 3 is 1.44 bits per heavy atom. The number of oxime groups is 1. The summed E-state index contributed by atoms with van der Waals surface area (Å²) in [7, 11) is -7.67. The van der Waals surface area contributed by atoms with Gasteiger partial charge < -0.3 is 10.4 Å². The molecular formula is C32H41Cl3N8O7S2. The Morgan fingerprint density at radius 2 is 1.06 bits per heavy atom. The number of rotatable bonds is 8. The summed E-state index contributed by atoms with van der Waals surface area (Å²) in [5.74, 6) is 3.26. The molecule has 6 N–H and O–H groups in total. The average Bonchev–Trinajstić information content (AvgIpc) is 3.83. The number of halogens is 3. The maximum Gasteiger partial charge on any atom is 0.244 e. The SMILES string of the molecule is CC[C@@H]1c2cn[nH]c2/C(=N\O)[C@H](CC)N1S(=O)(=O)c1ccc(Cl)cc1.CC[C@@H]1c2cn[nH]c2C(=O)[C@H](CC)N1S(=O)(=O)c1ccc(Cl)cc1.Cl.NO. The summed E-state index contributed by atoms with van der Waals surface area (Å²) < 4.78 is 55.9. The molecule has 6 rings (SSSR count). The summed E-state index contributed by atoms with van der Waals surface area (Å²) in [5.41, 5.74) is 2.61. The molecule has 4 aromatic rings. The Bertz CT molecular complexity index is 2060. The van der Waals surface area contributed by atoms with Gasteiger partial charge >= 0.3 is 0 Å². The van der Waals surface area contributed by atoms with E-state index in [0.717, 1.165) is 0 Å². The second-order valence-electron chi connectivity index (χ2n) is 11.5. The molecule has 52 heavy (non-hydrogen) atoms. The van der Waals surface area contributed by atoms with Crippen molar-refractivity contribution >= 4 is 67.2 Å². The molecule has 4 atom stereocenters. The van der Waals surface area contributed by atoms with Gasteiger partial charge in [-0.1, -0.05) is 56.1 Å². The predicted molar refractivity (Wildman–Crippen MR) is 198 cm³/mol. The molecule has 2 aliphatic rings. The van der Waals surface area contributed by atoms with Gasteiger partial charge in [-0.15, -0.1) is 12.4 Å². The van der Waals surface area contributed by atoms with E-state index in [1.807, 2.05) is 20.8 Å². The van der Waals surface area contributed by atoms with Crippen LogP contribution in [-0.4, -0.2) is 79.8 Å². The number of benzene rings is 2. The van der Waals surface area contributed by atoms with Crippen LogP contribution in [0, 0.1) is 0 Å². The van der Waals surface area contributed by atoms with Crippen LogP contribution in [0.5, 0.6) is 0 Å². The number of H-pyrrole nitrogens is 2. The molecule has 2 aromatic heterocycles. The summed E-state index contributed by atoms with van der Waals surface area (Å²) in [5, 5.41) is 33.8. The van der Waals surface area contributed by atoms with Gasteiger partial charge in [-0.2, -0.15) is 18.8 Å². The Morgan fingerprint density at radius 1 is 0.692 bits per heavy atom. The van der Waals surface area contributed by atoms with Crippen LogP contribution in [0.25, 0.3) is 0 Å². The van der Waals surface area contributed by atoms with E-state index in [4.69, 9.17) is 28.4 Å². The van der Waals surface area contributed by atoms with E-state index in [-0.39, 0.29) is 33.7 Å². The number of carbonyl (C=O) groups excluding carboxylic acids is 1. The molecule has 0 spiro atoms. The van der Waals surface area contributed by atoms with E-state index in [9.17, 15) is 26.8 Å². The average molecular weight is 820 g/mol. The van der Waals surface area contributed by atoms with Gasteiger partial charge in [-0.25, -0.2) is 22.7 Å². The molecule has 20 heteroatoms. The van der Waals surface area contributed by atoms with Crippen molar-refractivity contribution in [3.8, 4) is 0 Å². The third kappa shape index (κ3) is 7.93. The fraction of sp³-hybridized carbons (Fsp3) is 0.375. The molecule has 0 aliphatic carbocycles. The van der Waals surface area contributed by atoms with Gasteiger partial charge in [-0.3, -0.25) is 15.0 Å². The number of fused-ring (bicyclic) bond motifs is 2.